The summed E-state index contributed by atoms with van der Waals surface area (Å²) in [7, 11) is 0. The molecule has 4 atom stereocenters. The third kappa shape index (κ3) is 4.64. The molecule has 0 amide bonds. The molecular weight excluding hydrogens is 491 g/mol. The van der Waals surface area contributed by atoms with E-state index in [1.165, 1.54) is 23.3 Å². The molecule has 0 unspecified atom stereocenters. The normalized spacial score (nSPS) is 22.6. The average molecular weight is 519 g/mol. The van der Waals surface area contributed by atoms with E-state index in [2.05, 4.69) is 31.8 Å². The largest absolute Gasteiger partial charge is 0.388 e. The van der Waals surface area contributed by atoms with Crippen molar-refractivity contribution in [2.45, 2.75) is 51.0 Å². The summed E-state index contributed by atoms with van der Waals surface area (Å²) in [6, 6.07) is 14.2. The minimum atomic E-state index is -1.03. The summed E-state index contributed by atoms with van der Waals surface area (Å²) in [6.07, 6.45) is 2.48. The number of anilines is 3. The smallest absolute Gasteiger partial charge is 0.164 e. The molecule has 12 heteroatoms. The van der Waals surface area contributed by atoms with Gasteiger partial charge in [0.2, 0.25) is 0 Å². The van der Waals surface area contributed by atoms with Crippen molar-refractivity contribution in [2.75, 3.05) is 10.2 Å². The third-order valence-corrected chi connectivity index (χ3v) is 6.90. The van der Waals surface area contributed by atoms with E-state index in [4.69, 9.17) is 4.74 Å². The monoisotopic (exact) mass is 518 g/mol. The number of halogens is 1. The molecule has 0 saturated carbocycles. The molecule has 2 aliphatic heterocycles. The first kappa shape index (κ1) is 24.2. The number of aromatic nitrogens is 5. The standard InChI is InChI=1S/C26H27FN8O3/c1-16-23(36)24(37)26(38-16)34-10-8-18-13-33(15-28-25(18)34)21-6-7-22(31-20-4-2-19(27)3-5-20)17(12-21)9-11-35-30-14-29-32-35/h2-8,10,12,14-16,23-24,26,31,36-37H,9,11,13H2,1H3/t16-,23-,24-,26-/m1/s1. The van der Waals surface area contributed by atoms with Gasteiger partial charge in [-0.1, -0.05) is 0 Å². The van der Waals surface area contributed by atoms with Crippen LogP contribution < -0.4 is 10.2 Å². The van der Waals surface area contributed by atoms with Gasteiger partial charge < -0.3 is 29.7 Å². The number of hydrogen-bond acceptors (Lipinski definition) is 9. The molecular formula is C26H27FN8O3. The van der Waals surface area contributed by atoms with E-state index >= 15 is 0 Å². The van der Waals surface area contributed by atoms with Crippen LogP contribution in [0.3, 0.4) is 0 Å². The Bertz CT molecular complexity index is 1440. The maximum absolute atomic E-state index is 13.4. The highest BCUT2D eigenvalue weighted by Crippen LogP contribution is 2.37. The Morgan fingerprint density at radius 1 is 1.11 bits per heavy atom. The number of tetrazole rings is 1. The minimum absolute atomic E-state index is 0.291. The molecule has 2 aromatic heterocycles. The minimum Gasteiger partial charge on any atom is -0.388 e. The molecule has 38 heavy (non-hydrogen) atoms. The summed E-state index contributed by atoms with van der Waals surface area (Å²) in [5, 5.41) is 35.7. The fourth-order valence-electron chi connectivity index (χ4n) is 4.81. The summed E-state index contributed by atoms with van der Waals surface area (Å²) < 4.78 is 20.9. The molecule has 1 fully saturated rings. The number of aliphatic hydroxyl groups excluding tert-OH is 2. The zero-order valence-corrected chi connectivity index (χ0v) is 20.6. The number of fused-ring (bicyclic) bond motifs is 1. The summed E-state index contributed by atoms with van der Waals surface area (Å²) in [5.41, 5.74) is 4.60. The Morgan fingerprint density at radius 2 is 1.95 bits per heavy atom. The zero-order chi connectivity index (χ0) is 26.2. The highest BCUT2D eigenvalue weighted by atomic mass is 19.1. The van der Waals surface area contributed by atoms with Crippen LogP contribution in [0.5, 0.6) is 0 Å². The van der Waals surface area contributed by atoms with Crippen LogP contribution >= 0.6 is 0 Å². The van der Waals surface area contributed by atoms with Gasteiger partial charge in [-0.15, -0.1) is 10.2 Å². The topological polar surface area (TPSA) is 126 Å². The SMILES string of the molecule is C[C@H]1O[C@@H](n2ccc3c2N=CN(c2ccc(Nc4ccc(F)cc4)c(CCn4ncnn4)c2)C3)[C@H](O)[C@@H]1O. The van der Waals surface area contributed by atoms with Crippen molar-refractivity contribution in [2.24, 2.45) is 4.99 Å². The van der Waals surface area contributed by atoms with Gasteiger partial charge in [0.05, 0.1) is 25.5 Å². The van der Waals surface area contributed by atoms with E-state index in [-0.39, 0.29) is 5.82 Å². The van der Waals surface area contributed by atoms with Crippen LogP contribution in [0.2, 0.25) is 0 Å². The fraction of sp³-hybridized carbons (Fsp3) is 0.308. The summed E-state index contributed by atoms with van der Waals surface area (Å²) >= 11 is 0. The Morgan fingerprint density at radius 3 is 2.68 bits per heavy atom. The Hall–Kier alpha value is -4.13. The molecule has 3 N–H and O–H groups in total. The second kappa shape index (κ2) is 9.97. The first-order chi connectivity index (χ1) is 18.5. The number of benzene rings is 2. The van der Waals surface area contributed by atoms with Gasteiger partial charge in [-0.05, 0) is 72.7 Å². The van der Waals surface area contributed by atoms with Crippen LogP contribution in [-0.2, 0) is 24.2 Å². The molecule has 0 aliphatic carbocycles. The summed E-state index contributed by atoms with van der Waals surface area (Å²) in [4.78, 5) is 8.23. The van der Waals surface area contributed by atoms with E-state index in [0.29, 0.717) is 25.3 Å². The number of aliphatic hydroxyl groups is 2. The van der Waals surface area contributed by atoms with Gasteiger partial charge in [-0.3, -0.25) is 0 Å². The number of ether oxygens (including phenoxy) is 1. The van der Waals surface area contributed by atoms with Crippen LogP contribution in [0, 0.1) is 5.82 Å². The molecule has 0 bridgehead atoms. The average Bonchev–Trinajstić information content (AvgIpc) is 3.66. The third-order valence-electron chi connectivity index (χ3n) is 6.90. The Kier molecular flexibility index (Phi) is 6.35. The Balaban J connectivity index is 1.25. The van der Waals surface area contributed by atoms with Crippen LogP contribution in [0.1, 0.15) is 24.3 Å². The predicted molar refractivity (Wildman–Crippen MR) is 138 cm³/mol. The number of rotatable bonds is 7. The maximum Gasteiger partial charge on any atom is 0.164 e. The summed E-state index contributed by atoms with van der Waals surface area (Å²) in [6.45, 7) is 2.85. The van der Waals surface area contributed by atoms with Crippen LogP contribution in [-0.4, -0.2) is 59.6 Å². The highest BCUT2D eigenvalue weighted by Gasteiger charge is 2.42. The lowest BCUT2D eigenvalue weighted by molar-refractivity contribution is -0.0308. The van der Waals surface area contributed by atoms with E-state index < -0.39 is 24.5 Å². The molecule has 0 spiro atoms. The van der Waals surface area contributed by atoms with Crippen molar-refractivity contribution in [3.05, 3.63) is 78.0 Å². The van der Waals surface area contributed by atoms with Crippen LogP contribution in [0.4, 0.5) is 27.3 Å². The van der Waals surface area contributed by atoms with Crippen LogP contribution in [0.15, 0.2) is 66.0 Å². The van der Waals surface area contributed by atoms with Crippen molar-refractivity contribution >= 4 is 29.2 Å². The first-order valence-electron chi connectivity index (χ1n) is 12.3. The molecule has 4 aromatic rings. The van der Waals surface area contributed by atoms with Gasteiger partial charge in [-0.2, -0.15) is 4.80 Å². The number of nitrogens with one attached hydrogen (secondary N) is 1. The lowest BCUT2D eigenvalue weighted by Gasteiger charge is -2.26. The number of aryl methyl sites for hydroxylation is 2. The van der Waals surface area contributed by atoms with Gasteiger partial charge in [-0.25, -0.2) is 9.38 Å². The summed E-state index contributed by atoms with van der Waals surface area (Å²) in [5.74, 6) is 0.402. The molecule has 196 valence electrons. The molecule has 6 rings (SSSR count). The maximum atomic E-state index is 13.4. The quantitative estimate of drug-likeness (QED) is 0.341. The van der Waals surface area contributed by atoms with Gasteiger partial charge in [0.25, 0.3) is 0 Å². The second-order valence-electron chi connectivity index (χ2n) is 9.41. The van der Waals surface area contributed by atoms with E-state index in [1.54, 1.807) is 30.0 Å². The lowest BCUT2D eigenvalue weighted by Crippen LogP contribution is -2.30. The molecule has 0 radical (unpaired) electrons. The Labute approximate surface area is 217 Å². The van der Waals surface area contributed by atoms with Crippen molar-refractivity contribution in [1.29, 1.82) is 0 Å². The van der Waals surface area contributed by atoms with Crippen LogP contribution in [0.25, 0.3) is 0 Å². The van der Waals surface area contributed by atoms with Gasteiger partial charge in [0, 0.05) is 28.8 Å². The van der Waals surface area contributed by atoms with Gasteiger partial charge in [0.15, 0.2) is 12.6 Å². The molecule has 4 heterocycles. The van der Waals surface area contributed by atoms with E-state index in [9.17, 15) is 14.6 Å². The van der Waals surface area contributed by atoms with Gasteiger partial charge >= 0.3 is 0 Å². The highest BCUT2D eigenvalue weighted by molar-refractivity contribution is 5.84. The van der Waals surface area contributed by atoms with E-state index in [0.717, 1.165) is 28.2 Å². The van der Waals surface area contributed by atoms with Crippen molar-refractivity contribution in [3.8, 4) is 0 Å². The number of nitrogens with zero attached hydrogens (tertiary/aromatic N) is 7. The fourth-order valence-corrected chi connectivity index (χ4v) is 4.81. The predicted octanol–water partition coefficient (Wildman–Crippen LogP) is 2.92. The number of hydrogen-bond donors (Lipinski definition) is 3. The zero-order valence-electron chi connectivity index (χ0n) is 20.6. The first-order valence-corrected chi connectivity index (χ1v) is 12.3. The molecule has 2 aromatic carbocycles. The lowest BCUT2D eigenvalue weighted by atomic mass is 10.1. The molecule has 11 nitrogen and oxygen atoms in total. The van der Waals surface area contributed by atoms with Crippen molar-refractivity contribution in [1.82, 2.24) is 24.8 Å². The number of aliphatic imine (C=N–C) groups is 1. The van der Waals surface area contributed by atoms with E-state index in [1.807, 2.05) is 29.3 Å². The van der Waals surface area contributed by atoms with Crippen molar-refractivity contribution in [3.63, 3.8) is 0 Å². The second-order valence-corrected chi connectivity index (χ2v) is 9.41. The van der Waals surface area contributed by atoms with Gasteiger partial charge in [0.1, 0.15) is 23.8 Å². The molecule has 1 saturated heterocycles. The molecule has 2 aliphatic rings. The van der Waals surface area contributed by atoms with Crippen molar-refractivity contribution < 1.29 is 19.3 Å².